The number of aromatic nitrogens is 4. The van der Waals surface area contributed by atoms with Crippen molar-refractivity contribution in [1.29, 1.82) is 0 Å². The maximum absolute atomic E-state index is 11.9. The molecule has 2 aromatic rings. The van der Waals surface area contributed by atoms with Gasteiger partial charge >= 0.3 is 0 Å². The first-order valence-electron chi connectivity index (χ1n) is 7.26. The fourth-order valence-corrected chi connectivity index (χ4v) is 1.81. The van der Waals surface area contributed by atoms with E-state index in [1.54, 1.807) is 10.7 Å². The average Bonchev–Trinajstić information content (AvgIpc) is 2.92. The van der Waals surface area contributed by atoms with Crippen LogP contribution in [0, 0.1) is 6.92 Å². The van der Waals surface area contributed by atoms with Crippen LogP contribution in [0.1, 0.15) is 42.5 Å². The Morgan fingerprint density at radius 3 is 2.95 bits per heavy atom. The molecule has 2 rings (SSSR count). The second-order valence-electron chi connectivity index (χ2n) is 4.81. The Balaban J connectivity index is 1.78. The van der Waals surface area contributed by atoms with Gasteiger partial charge in [0.25, 0.3) is 11.7 Å². The number of unbranched alkanes of at least 4 members (excludes halogenated alkanes) is 1. The van der Waals surface area contributed by atoms with Crippen molar-refractivity contribution in [3.63, 3.8) is 0 Å². The zero-order chi connectivity index (χ0) is 15.1. The van der Waals surface area contributed by atoms with Gasteiger partial charge < -0.3 is 10.1 Å². The van der Waals surface area contributed by atoms with E-state index in [0.29, 0.717) is 18.9 Å². The van der Waals surface area contributed by atoms with Crippen molar-refractivity contribution in [2.45, 2.75) is 33.1 Å². The summed E-state index contributed by atoms with van der Waals surface area (Å²) in [7, 11) is 0. The Morgan fingerprint density at radius 1 is 1.38 bits per heavy atom. The van der Waals surface area contributed by atoms with Crippen molar-refractivity contribution in [1.82, 2.24) is 24.9 Å². The first kappa shape index (κ1) is 15.4. The van der Waals surface area contributed by atoms with E-state index in [-0.39, 0.29) is 11.7 Å². The Hall–Kier alpha value is -2.02. The van der Waals surface area contributed by atoms with Crippen molar-refractivity contribution in [2.24, 2.45) is 0 Å². The van der Waals surface area contributed by atoms with Gasteiger partial charge in [-0.15, -0.1) is 5.10 Å². The van der Waals surface area contributed by atoms with Crippen LogP contribution in [-0.2, 0) is 4.74 Å². The van der Waals surface area contributed by atoms with E-state index >= 15 is 0 Å². The summed E-state index contributed by atoms with van der Waals surface area (Å²) < 4.78 is 6.99. The van der Waals surface area contributed by atoms with Gasteiger partial charge in [0.1, 0.15) is 0 Å². The van der Waals surface area contributed by atoms with Crippen LogP contribution in [0.2, 0.25) is 0 Å². The second kappa shape index (κ2) is 7.68. The molecule has 1 amide bonds. The number of amides is 1. The van der Waals surface area contributed by atoms with E-state index in [2.05, 4.69) is 27.3 Å². The number of aryl methyl sites for hydroxylation is 1. The standard InChI is InChI=1S/C14H21N5O2/c1-3-4-9-21-10-5-7-15-13(20)12-17-14-16-8-6-11(2)19(14)18-12/h6,8H,3-5,7,9-10H2,1-2H3,(H,15,20). The van der Waals surface area contributed by atoms with Gasteiger partial charge in [-0.1, -0.05) is 13.3 Å². The predicted octanol–water partition coefficient (Wildman–Crippen LogP) is 1.37. The maximum Gasteiger partial charge on any atom is 0.291 e. The molecule has 1 N–H and O–H groups in total. The Morgan fingerprint density at radius 2 is 2.19 bits per heavy atom. The molecule has 2 aromatic heterocycles. The monoisotopic (exact) mass is 291 g/mol. The highest BCUT2D eigenvalue weighted by Gasteiger charge is 2.13. The molecule has 0 saturated heterocycles. The van der Waals surface area contributed by atoms with Crippen LogP contribution in [0.4, 0.5) is 0 Å². The summed E-state index contributed by atoms with van der Waals surface area (Å²) in [5, 5.41) is 6.94. The molecule has 2 heterocycles. The Bertz CT molecular complexity index is 596. The van der Waals surface area contributed by atoms with Crippen molar-refractivity contribution in [3.05, 3.63) is 23.8 Å². The van der Waals surface area contributed by atoms with Gasteiger partial charge in [0.2, 0.25) is 5.82 Å². The van der Waals surface area contributed by atoms with Gasteiger partial charge in [-0.2, -0.15) is 4.98 Å². The van der Waals surface area contributed by atoms with Crippen LogP contribution in [0.3, 0.4) is 0 Å². The third kappa shape index (κ3) is 4.22. The van der Waals surface area contributed by atoms with Crippen molar-refractivity contribution < 1.29 is 9.53 Å². The Kier molecular flexibility index (Phi) is 5.62. The lowest BCUT2D eigenvalue weighted by molar-refractivity contribution is 0.0930. The molecule has 0 radical (unpaired) electrons. The summed E-state index contributed by atoms with van der Waals surface area (Å²) in [6.45, 7) is 6.00. The SMILES string of the molecule is CCCCOCCCNC(=O)c1nc2nccc(C)n2n1. The van der Waals surface area contributed by atoms with Gasteiger partial charge in [0, 0.05) is 31.6 Å². The summed E-state index contributed by atoms with van der Waals surface area (Å²) in [5.41, 5.74) is 0.885. The lowest BCUT2D eigenvalue weighted by Crippen LogP contribution is -2.26. The number of hydrogen-bond donors (Lipinski definition) is 1. The van der Waals surface area contributed by atoms with E-state index in [1.165, 1.54) is 0 Å². The number of nitrogens with zero attached hydrogens (tertiary/aromatic N) is 4. The minimum absolute atomic E-state index is 0.142. The van der Waals surface area contributed by atoms with Crippen LogP contribution < -0.4 is 5.32 Å². The molecular weight excluding hydrogens is 270 g/mol. The molecule has 0 aliphatic carbocycles. The molecule has 0 aromatic carbocycles. The van der Waals surface area contributed by atoms with Crippen LogP contribution in [0.15, 0.2) is 12.3 Å². The smallest absolute Gasteiger partial charge is 0.291 e. The number of rotatable bonds is 8. The highest BCUT2D eigenvalue weighted by molar-refractivity contribution is 5.90. The molecule has 0 atom stereocenters. The quantitative estimate of drug-likeness (QED) is 0.743. The largest absolute Gasteiger partial charge is 0.381 e. The van der Waals surface area contributed by atoms with E-state index in [0.717, 1.165) is 31.6 Å². The van der Waals surface area contributed by atoms with Crippen molar-refractivity contribution in [2.75, 3.05) is 19.8 Å². The average molecular weight is 291 g/mol. The molecule has 0 fully saturated rings. The molecule has 7 heteroatoms. The summed E-state index contributed by atoms with van der Waals surface area (Å²) in [4.78, 5) is 20.1. The first-order valence-corrected chi connectivity index (χ1v) is 7.26. The number of fused-ring (bicyclic) bond motifs is 1. The molecule has 21 heavy (non-hydrogen) atoms. The van der Waals surface area contributed by atoms with E-state index in [1.807, 2.05) is 13.0 Å². The zero-order valence-corrected chi connectivity index (χ0v) is 12.5. The van der Waals surface area contributed by atoms with Crippen molar-refractivity contribution in [3.8, 4) is 0 Å². The predicted molar refractivity (Wildman–Crippen MR) is 78.2 cm³/mol. The highest BCUT2D eigenvalue weighted by atomic mass is 16.5. The van der Waals surface area contributed by atoms with Gasteiger partial charge in [-0.3, -0.25) is 4.79 Å². The number of nitrogens with one attached hydrogen (secondary N) is 1. The van der Waals surface area contributed by atoms with Gasteiger partial charge in [-0.25, -0.2) is 9.50 Å². The molecule has 0 spiro atoms. The normalized spacial score (nSPS) is 11.0. The number of carbonyl (C=O) groups is 1. The van der Waals surface area contributed by atoms with E-state index < -0.39 is 0 Å². The molecule has 0 aliphatic heterocycles. The zero-order valence-electron chi connectivity index (χ0n) is 12.5. The number of carbonyl (C=O) groups excluding carboxylic acids is 1. The van der Waals surface area contributed by atoms with Crippen LogP contribution in [0.25, 0.3) is 5.78 Å². The third-order valence-corrected chi connectivity index (χ3v) is 3.03. The number of ether oxygens (including phenoxy) is 1. The Labute approximate surface area is 123 Å². The summed E-state index contributed by atoms with van der Waals surface area (Å²) in [6, 6.07) is 1.82. The minimum atomic E-state index is -0.284. The highest BCUT2D eigenvalue weighted by Crippen LogP contribution is 2.01. The van der Waals surface area contributed by atoms with Gasteiger partial charge in [0.05, 0.1) is 0 Å². The maximum atomic E-state index is 11.9. The fraction of sp³-hybridized carbons (Fsp3) is 0.571. The van der Waals surface area contributed by atoms with Crippen LogP contribution in [0.5, 0.6) is 0 Å². The molecule has 0 saturated carbocycles. The summed E-state index contributed by atoms with van der Waals surface area (Å²) in [6.07, 6.45) is 4.63. The minimum Gasteiger partial charge on any atom is -0.381 e. The van der Waals surface area contributed by atoms with Crippen LogP contribution in [-0.4, -0.2) is 45.2 Å². The van der Waals surface area contributed by atoms with Gasteiger partial charge in [0.15, 0.2) is 0 Å². The van der Waals surface area contributed by atoms with Gasteiger partial charge in [-0.05, 0) is 25.8 Å². The van der Waals surface area contributed by atoms with E-state index in [9.17, 15) is 4.79 Å². The van der Waals surface area contributed by atoms with Crippen LogP contribution >= 0.6 is 0 Å². The molecule has 0 bridgehead atoms. The number of hydrogen-bond acceptors (Lipinski definition) is 5. The lowest BCUT2D eigenvalue weighted by atomic mass is 10.3. The fourth-order valence-electron chi connectivity index (χ4n) is 1.81. The molecule has 7 nitrogen and oxygen atoms in total. The topological polar surface area (TPSA) is 81.4 Å². The molecular formula is C14H21N5O2. The third-order valence-electron chi connectivity index (χ3n) is 3.03. The molecule has 0 unspecified atom stereocenters. The second-order valence-corrected chi connectivity index (χ2v) is 4.81. The summed E-state index contributed by atoms with van der Waals surface area (Å²) in [5.74, 6) is 0.292. The lowest BCUT2D eigenvalue weighted by Gasteiger charge is -2.04. The van der Waals surface area contributed by atoms with E-state index in [4.69, 9.17) is 4.74 Å². The molecule has 0 aliphatic rings. The molecule has 114 valence electrons. The summed E-state index contributed by atoms with van der Waals surface area (Å²) >= 11 is 0. The van der Waals surface area contributed by atoms with Crippen molar-refractivity contribution >= 4 is 11.7 Å². The first-order chi connectivity index (χ1) is 10.2.